The second-order valence-corrected chi connectivity index (χ2v) is 5.33. The van der Waals surface area contributed by atoms with Crippen molar-refractivity contribution in [3.8, 4) is 11.3 Å². The van der Waals surface area contributed by atoms with Crippen molar-refractivity contribution in [2.45, 2.75) is 13.8 Å². The molecule has 0 saturated carbocycles. The molecule has 3 rings (SSSR count). The molecule has 0 unspecified atom stereocenters. The molecule has 0 aliphatic carbocycles. The number of rotatable bonds is 1. The summed E-state index contributed by atoms with van der Waals surface area (Å²) >= 11 is 1.80. The Morgan fingerprint density at radius 1 is 1.12 bits per heavy atom. The maximum Gasteiger partial charge on any atom is 0.0748 e. The molecule has 0 amide bonds. The second-order valence-electron chi connectivity index (χ2n) is 4.07. The Morgan fingerprint density at radius 2 is 2.00 bits per heavy atom. The van der Waals surface area contributed by atoms with Crippen LogP contribution >= 0.6 is 11.3 Å². The zero-order valence-corrected chi connectivity index (χ0v) is 10.6. The van der Waals surface area contributed by atoms with E-state index in [-0.39, 0.29) is 0 Å². The van der Waals surface area contributed by atoms with E-state index in [4.69, 9.17) is 0 Å². The van der Waals surface area contributed by atoms with Crippen molar-refractivity contribution in [2.24, 2.45) is 0 Å². The van der Waals surface area contributed by atoms with E-state index >= 15 is 0 Å². The van der Waals surface area contributed by atoms with Crippen LogP contribution in [0.4, 0.5) is 0 Å². The number of thiophene rings is 1. The molecule has 3 heterocycles. The van der Waals surface area contributed by atoms with Gasteiger partial charge in [-0.15, -0.1) is 11.3 Å². The molecule has 0 N–H and O–H groups in total. The second kappa shape index (κ2) is 3.93. The Hall–Kier alpha value is -1.74. The molecular formula is C14H12N2S. The van der Waals surface area contributed by atoms with Gasteiger partial charge in [-0.25, -0.2) is 0 Å². The van der Waals surface area contributed by atoms with E-state index in [2.05, 4.69) is 35.9 Å². The first-order chi connectivity index (χ1) is 8.27. The van der Waals surface area contributed by atoms with E-state index < -0.39 is 0 Å². The van der Waals surface area contributed by atoms with Crippen LogP contribution in [0.25, 0.3) is 21.3 Å². The molecule has 0 aliphatic heterocycles. The summed E-state index contributed by atoms with van der Waals surface area (Å²) in [5.74, 6) is 0. The quantitative estimate of drug-likeness (QED) is 0.643. The third kappa shape index (κ3) is 1.63. The predicted molar refractivity (Wildman–Crippen MR) is 72.3 cm³/mol. The Morgan fingerprint density at radius 3 is 2.82 bits per heavy atom. The van der Waals surface area contributed by atoms with E-state index in [1.165, 1.54) is 26.1 Å². The molecule has 0 aromatic carbocycles. The summed E-state index contributed by atoms with van der Waals surface area (Å²) in [6, 6.07) is 6.14. The highest BCUT2D eigenvalue weighted by Crippen LogP contribution is 2.37. The fourth-order valence-electron chi connectivity index (χ4n) is 2.11. The minimum absolute atomic E-state index is 1.07. The number of fused-ring (bicyclic) bond motifs is 1. The highest BCUT2D eigenvalue weighted by atomic mass is 32.1. The molecule has 3 heteroatoms. The Labute approximate surface area is 104 Å². The Kier molecular flexibility index (Phi) is 2.41. The lowest BCUT2D eigenvalue weighted by Crippen LogP contribution is -1.87. The van der Waals surface area contributed by atoms with Gasteiger partial charge in [0.25, 0.3) is 0 Å². The number of nitrogens with zero attached hydrogens (tertiary/aromatic N) is 2. The lowest BCUT2D eigenvalue weighted by atomic mass is 10.0. The number of pyridine rings is 2. The lowest BCUT2D eigenvalue weighted by molar-refractivity contribution is 1.27. The van der Waals surface area contributed by atoms with E-state index in [0.29, 0.717) is 0 Å². The molecular weight excluding hydrogens is 228 g/mol. The van der Waals surface area contributed by atoms with Gasteiger partial charge in [0.1, 0.15) is 0 Å². The van der Waals surface area contributed by atoms with Crippen molar-refractivity contribution in [2.75, 3.05) is 0 Å². The van der Waals surface area contributed by atoms with E-state index in [1.54, 1.807) is 11.3 Å². The first-order valence-electron chi connectivity index (χ1n) is 5.52. The van der Waals surface area contributed by atoms with Gasteiger partial charge >= 0.3 is 0 Å². The normalized spacial score (nSPS) is 10.9. The molecule has 0 fully saturated rings. The summed E-state index contributed by atoms with van der Waals surface area (Å²) in [7, 11) is 0. The highest BCUT2D eigenvalue weighted by Gasteiger charge is 2.13. The minimum atomic E-state index is 1.07. The Bertz CT molecular complexity index is 686. The summed E-state index contributed by atoms with van der Waals surface area (Å²) in [5.41, 5.74) is 3.51. The molecule has 3 aromatic heterocycles. The van der Waals surface area contributed by atoms with Gasteiger partial charge < -0.3 is 0 Å². The van der Waals surface area contributed by atoms with E-state index in [9.17, 15) is 0 Å². The largest absolute Gasteiger partial charge is 0.264 e. The van der Waals surface area contributed by atoms with Crippen molar-refractivity contribution in [3.63, 3.8) is 0 Å². The molecule has 0 radical (unpaired) electrons. The predicted octanol–water partition coefficient (Wildman–Crippen LogP) is 3.98. The molecule has 84 valence electrons. The maximum atomic E-state index is 4.51. The summed E-state index contributed by atoms with van der Waals surface area (Å²) in [4.78, 5) is 10.0. The summed E-state index contributed by atoms with van der Waals surface area (Å²) in [6.45, 7) is 4.25. The average Bonchev–Trinajstić information content (AvgIpc) is 2.66. The van der Waals surface area contributed by atoms with E-state index in [1.807, 2.05) is 24.7 Å². The smallest absolute Gasteiger partial charge is 0.0748 e. The number of aromatic nitrogens is 2. The number of aryl methyl sites for hydroxylation is 2. The lowest BCUT2D eigenvalue weighted by Gasteiger charge is -2.04. The summed E-state index contributed by atoms with van der Waals surface area (Å²) in [6.07, 6.45) is 5.62. The fourth-order valence-corrected chi connectivity index (χ4v) is 3.14. The molecule has 0 atom stereocenters. The van der Waals surface area contributed by atoms with Crippen LogP contribution in [0.3, 0.4) is 0 Å². The standard InChI is InChI=1S/C14H12N2S/c1-9-4-3-6-16-14(9)13-10(2)17-12-5-7-15-8-11(12)13/h3-8H,1-2H3. The molecule has 0 aliphatic rings. The van der Waals surface area contributed by atoms with Crippen LogP contribution < -0.4 is 0 Å². The molecule has 2 nitrogen and oxygen atoms in total. The van der Waals surface area contributed by atoms with Crippen LogP contribution in [0.15, 0.2) is 36.8 Å². The van der Waals surface area contributed by atoms with Gasteiger partial charge in [-0.05, 0) is 31.5 Å². The van der Waals surface area contributed by atoms with Crippen molar-refractivity contribution in [3.05, 3.63) is 47.2 Å². The molecule has 0 spiro atoms. The van der Waals surface area contributed by atoms with Crippen LogP contribution in [0.2, 0.25) is 0 Å². The van der Waals surface area contributed by atoms with Gasteiger partial charge in [0, 0.05) is 39.1 Å². The van der Waals surface area contributed by atoms with Crippen molar-refractivity contribution >= 4 is 21.4 Å². The van der Waals surface area contributed by atoms with Gasteiger partial charge in [0.05, 0.1) is 5.69 Å². The molecule has 3 aromatic rings. The summed E-state index contributed by atoms with van der Waals surface area (Å²) in [5, 5.41) is 1.21. The van der Waals surface area contributed by atoms with Gasteiger partial charge in [-0.2, -0.15) is 0 Å². The first kappa shape index (κ1) is 10.4. The van der Waals surface area contributed by atoms with Gasteiger partial charge in [-0.3, -0.25) is 9.97 Å². The van der Waals surface area contributed by atoms with Crippen LogP contribution in [0, 0.1) is 13.8 Å². The van der Waals surface area contributed by atoms with Crippen LogP contribution in [0.1, 0.15) is 10.4 Å². The number of hydrogen-bond donors (Lipinski definition) is 0. The van der Waals surface area contributed by atoms with Crippen molar-refractivity contribution in [1.29, 1.82) is 0 Å². The Balaban J connectivity index is 2.38. The first-order valence-corrected chi connectivity index (χ1v) is 6.34. The molecule has 0 bridgehead atoms. The van der Waals surface area contributed by atoms with Gasteiger partial charge in [-0.1, -0.05) is 6.07 Å². The monoisotopic (exact) mass is 240 g/mol. The van der Waals surface area contributed by atoms with E-state index in [0.717, 1.165) is 5.69 Å². The fraction of sp³-hybridized carbons (Fsp3) is 0.143. The number of hydrogen-bond acceptors (Lipinski definition) is 3. The third-order valence-electron chi connectivity index (χ3n) is 2.91. The zero-order valence-electron chi connectivity index (χ0n) is 9.77. The summed E-state index contributed by atoms with van der Waals surface area (Å²) < 4.78 is 1.28. The zero-order chi connectivity index (χ0) is 11.8. The van der Waals surface area contributed by atoms with Crippen molar-refractivity contribution < 1.29 is 0 Å². The van der Waals surface area contributed by atoms with Crippen LogP contribution in [-0.4, -0.2) is 9.97 Å². The topological polar surface area (TPSA) is 25.8 Å². The molecule has 0 saturated heterocycles. The third-order valence-corrected chi connectivity index (χ3v) is 4.00. The highest BCUT2D eigenvalue weighted by molar-refractivity contribution is 7.19. The van der Waals surface area contributed by atoms with Crippen LogP contribution in [0.5, 0.6) is 0 Å². The van der Waals surface area contributed by atoms with Gasteiger partial charge in [0.2, 0.25) is 0 Å². The van der Waals surface area contributed by atoms with Gasteiger partial charge in [0.15, 0.2) is 0 Å². The minimum Gasteiger partial charge on any atom is -0.264 e. The van der Waals surface area contributed by atoms with Crippen molar-refractivity contribution in [1.82, 2.24) is 9.97 Å². The molecule has 17 heavy (non-hydrogen) atoms. The average molecular weight is 240 g/mol. The SMILES string of the molecule is Cc1cccnc1-c1c(C)sc2ccncc12. The maximum absolute atomic E-state index is 4.51. The van der Waals surface area contributed by atoms with Crippen LogP contribution in [-0.2, 0) is 0 Å².